The Morgan fingerprint density at radius 2 is 2.26 bits per heavy atom. The molecule has 5 heteroatoms. The highest BCUT2D eigenvalue weighted by Crippen LogP contribution is 2.20. The zero-order valence-electron chi connectivity index (χ0n) is 14.7. The van der Waals surface area contributed by atoms with Crippen molar-refractivity contribution in [3.8, 4) is 0 Å². The van der Waals surface area contributed by atoms with Crippen molar-refractivity contribution in [2.45, 2.75) is 52.2 Å². The Morgan fingerprint density at radius 3 is 2.91 bits per heavy atom. The van der Waals surface area contributed by atoms with Crippen LogP contribution in [-0.4, -0.2) is 41.2 Å². The molecule has 2 rings (SSSR count). The fraction of sp³-hybridized carbons (Fsp3) is 0.667. The van der Waals surface area contributed by atoms with E-state index in [1.165, 1.54) is 0 Å². The molecular formula is C18H29N3O2. The molecular weight excluding hydrogens is 290 g/mol. The maximum absolute atomic E-state index is 12.2. The van der Waals surface area contributed by atoms with Gasteiger partial charge in [-0.2, -0.15) is 0 Å². The third-order valence-corrected chi connectivity index (χ3v) is 4.01. The third kappa shape index (κ3) is 5.82. The van der Waals surface area contributed by atoms with Gasteiger partial charge < -0.3 is 15.0 Å². The molecule has 0 bridgehead atoms. The van der Waals surface area contributed by atoms with E-state index in [0.717, 1.165) is 38.2 Å². The molecule has 1 aliphatic rings. The van der Waals surface area contributed by atoms with Crippen LogP contribution in [0.15, 0.2) is 24.4 Å². The van der Waals surface area contributed by atoms with Crippen LogP contribution in [0.5, 0.6) is 0 Å². The number of amides is 1. The standard InChI is InChI=1S/C18H29N3O2/c1-14(16-9-5-6-10-19-16)20-12-15-8-7-11-21(13-15)17(22)23-18(2,3)4/h5-6,9-10,14-15,20H,7-8,11-13H2,1-4H3/t14-,15-/m0/s1. The summed E-state index contributed by atoms with van der Waals surface area (Å²) in [6, 6.07) is 6.18. The Morgan fingerprint density at radius 1 is 1.48 bits per heavy atom. The van der Waals surface area contributed by atoms with Crippen LogP contribution in [0.1, 0.15) is 52.3 Å². The SMILES string of the molecule is C[C@H](NC[C@@H]1CCCN(C(=O)OC(C)(C)C)C1)c1ccccn1. The van der Waals surface area contributed by atoms with Crippen molar-refractivity contribution in [2.75, 3.05) is 19.6 Å². The van der Waals surface area contributed by atoms with Crippen molar-refractivity contribution in [2.24, 2.45) is 5.92 Å². The van der Waals surface area contributed by atoms with Gasteiger partial charge in [-0.05, 0) is 58.6 Å². The predicted molar refractivity (Wildman–Crippen MR) is 91.2 cm³/mol. The molecule has 1 amide bonds. The highest BCUT2D eigenvalue weighted by atomic mass is 16.6. The van der Waals surface area contributed by atoms with Crippen LogP contribution in [0.25, 0.3) is 0 Å². The zero-order chi connectivity index (χ0) is 16.9. The second kappa shape index (κ2) is 7.77. The molecule has 2 heterocycles. The summed E-state index contributed by atoms with van der Waals surface area (Å²) < 4.78 is 5.48. The van der Waals surface area contributed by atoms with E-state index in [4.69, 9.17) is 4.74 Å². The number of nitrogens with zero attached hydrogens (tertiary/aromatic N) is 2. The van der Waals surface area contributed by atoms with Crippen molar-refractivity contribution in [1.29, 1.82) is 0 Å². The summed E-state index contributed by atoms with van der Waals surface area (Å²) in [6.07, 6.45) is 3.79. The molecule has 5 nitrogen and oxygen atoms in total. The minimum atomic E-state index is -0.435. The molecule has 128 valence electrons. The molecule has 1 aromatic heterocycles. The molecule has 0 aliphatic carbocycles. The predicted octanol–water partition coefficient (Wildman–Crippen LogP) is 3.38. The lowest BCUT2D eigenvalue weighted by atomic mass is 9.98. The first kappa shape index (κ1) is 17.7. The summed E-state index contributed by atoms with van der Waals surface area (Å²) in [5.74, 6) is 0.461. The number of likely N-dealkylation sites (tertiary alicyclic amines) is 1. The van der Waals surface area contributed by atoms with Gasteiger partial charge in [0.15, 0.2) is 0 Å². The van der Waals surface area contributed by atoms with Crippen LogP contribution in [0.2, 0.25) is 0 Å². The van der Waals surface area contributed by atoms with Crippen LogP contribution >= 0.6 is 0 Å². The average molecular weight is 319 g/mol. The fourth-order valence-corrected chi connectivity index (χ4v) is 2.80. The summed E-state index contributed by atoms with van der Waals surface area (Å²) in [7, 11) is 0. The molecule has 0 unspecified atom stereocenters. The number of nitrogens with one attached hydrogen (secondary N) is 1. The largest absolute Gasteiger partial charge is 0.444 e. The van der Waals surface area contributed by atoms with E-state index < -0.39 is 5.60 Å². The Bertz CT molecular complexity index is 499. The first-order valence-corrected chi connectivity index (χ1v) is 8.47. The molecule has 1 fully saturated rings. The Labute approximate surface area is 139 Å². The quantitative estimate of drug-likeness (QED) is 0.924. The van der Waals surface area contributed by atoms with Gasteiger partial charge in [0, 0.05) is 31.9 Å². The molecule has 1 N–H and O–H groups in total. The Balaban J connectivity index is 1.81. The van der Waals surface area contributed by atoms with Gasteiger partial charge in [0.05, 0.1) is 5.69 Å². The summed E-state index contributed by atoms with van der Waals surface area (Å²) in [5, 5.41) is 3.54. The van der Waals surface area contributed by atoms with Crippen molar-refractivity contribution in [3.63, 3.8) is 0 Å². The normalized spacial score (nSPS) is 20.2. The van der Waals surface area contributed by atoms with Gasteiger partial charge in [-0.3, -0.25) is 4.98 Å². The highest BCUT2D eigenvalue weighted by Gasteiger charge is 2.27. The van der Waals surface area contributed by atoms with E-state index >= 15 is 0 Å². The van der Waals surface area contributed by atoms with Crippen LogP contribution in [0.4, 0.5) is 4.79 Å². The maximum atomic E-state index is 12.2. The van der Waals surface area contributed by atoms with Gasteiger partial charge in [0.25, 0.3) is 0 Å². The molecule has 2 atom stereocenters. The number of rotatable bonds is 4. The number of pyridine rings is 1. The fourth-order valence-electron chi connectivity index (χ4n) is 2.80. The van der Waals surface area contributed by atoms with Crippen molar-refractivity contribution < 1.29 is 9.53 Å². The van der Waals surface area contributed by atoms with Crippen molar-refractivity contribution >= 4 is 6.09 Å². The van der Waals surface area contributed by atoms with Crippen LogP contribution < -0.4 is 5.32 Å². The van der Waals surface area contributed by atoms with E-state index in [9.17, 15) is 4.79 Å². The lowest BCUT2D eigenvalue weighted by Crippen LogP contribution is -2.45. The molecule has 0 aromatic carbocycles. The summed E-state index contributed by atoms with van der Waals surface area (Å²) >= 11 is 0. The van der Waals surface area contributed by atoms with Crippen LogP contribution in [0.3, 0.4) is 0 Å². The molecule has 1 aromatic rings. The first-order chi connectivity index (χ1) is 10.8. The van der Waals surface area contributed by atoms with Crippen LogP contribution in [0, 0.1) is 5.92 Å². The molecule has 23 heavy (non-hydrogen) atoms. The first-order valence-electron chi connectivity index (χ1n) is 8.47. The van der Waals surface area contributed by atoms with Crippen molar-refractivity contribution in [3.05, 3.63) is 30.1 Å². The monoisotopic (exact) mass is 319 g/mol. The number of hydrogen-bond acceptors (Lipinski definition) is 4. The number of carbonyl (C=O) groups is 1. The summed E-state index contributed by atoms with van der Waals surface area (Å²) in [5.41, 5.74) is 0.614. The van der Waals surface area contributed by atoms with Crippen molar-refractivity contribution in [1.82, 2.24) is 15.2 Å². The topological polar surface area (TPSA) is 54.5 Å². The molecule has 1 aliphatic heterocycles. The maximum Gasteiger partial charge on any atom is 0.410 e. The lowest BCUT2D eigenvalue weighted by Gasteiger charge is -2.34. The summed E-state index contributed by atoms with van der Waals surface area (Å²) in [6.45, 7) is 10.3. The molecule has 0 spiro atoms. The number of ether oxygens (including phenoxy) is 1. The molecule has 0 radical (unpaired) electrons. The Kier molecular flexibility index (Phi) is 5.99. The summed E-state index contributed by atoms with van der Waals surface area (Å²) in [4.78, 5) is 18.4. The van der Waals surface area contributed by atoms with Gasteiger partial charge >= 0.3 is 6.09 Å². The minimum Gasteiger partial charge on any atom is -0.444 e. The number of piperidine rings is 1. The van der Waals surface area contributed by atoms with Crippen LogP contribution in [-0.2, 0) is 4.74 Å². The van der Waals surface area contributed by atoms with Gasteiger partial charge in [0.1, 0.15) is 5.60 Å². The molecule has 1 saturated heterocycles. The lowest BCUT2D eigenvalue weighted by molar-refractivity contribution is 0.0165. The smallest absolute Gasteiger partial charge is 0.410 e. The van der Waals surface area contributed by atoms with E-state index in [1.54, 1.807) is 0 Å². The third-order valence-electron chi connectivity index (χ3n) is 4.01. The van der Waals surface area contributed by atoms with E-state index in [-0.39, 0.29) is 12.1 Å². The van der Waals surface area contributed by atoms with Gasteiger partial charge in [-0.15, -0.1) is 0 Å². The highest BCUT2D eigenvalue weighted by molar-refractivity contribution is 5.68. The van der Waals surface area contributed by atoms with E-state index in [1.807, 2.05) is 50.1 Å². The minimum absolute atomic E-state index is 0.194. The van der Waals surface area contributed by atoms with E-state index in [0.29, 0.717) is 5.92 Å². The van der Waals surface area contributed by atoms with Gasteiger partial charge in [-0.25, -0.2) is 4.79 Å². The average Bonchev–Trinajstić information content (AvgIpc) is 2.52. The van der Waals surface area contributed by atoms with Gasteiger partial charge in [-0.1, -0.05) is 6.07 Å². The number of carbonyl (C=O) groups excluding carboxylic acids is 1. The van der Waals surface area contributed by atoms with Gasteiger partial charge in [0.2, 0.25) is 0 Å². The second-order valence-electron chi connectivity index (χ2n) is 7.32. The number of aromatic nitrogens is 1. The van der Waals surface area contributed by atoms with E-state index in [2.05, 4.69) is 17.2 Å². The zero-order valence-corrected chi connectivity index (χ0v) is 14.7. The second-order valence-corrected chi connectivity index (χ2v) is 7.32. The molecule has 0 saturated carbocycles. The Hall–Kier alpha value is -1.62. The number of hydrogen-bond donors (Lipinski definition) is 1.